The Labute approximate surface area is 150 Å². The van der Waals surface area contributed by atoms with Crippen LogP contribution in [0.25, 0.3) is 0 Å². The van der Waals surface area contributed by atoms with Crippen LogP contribution in [-0.4, -0.2) is 36.4 Å². The summed E-state index contributed by atoms with van der Waals surface area (Å²) in [7, 11) is 0. The number of rotatable bonds is 4. The number of fused-ring (bicyclic) bond motifs is 2. The largest absolute Gasteiger partial charge is 0.461 e. The fraction of sp³-hybridized carbons (Fsp3) is 0.700. The quantitative estimate of drug-likeness (QED) is 0.574. The summed E-state index contributed by atoms with van der Waals surface area (Å²) < 4.78 is 17.2. The van der Waals surface area contributed by atoms with Gasteiger partial charge in [-0.05, 0) is 46.3 Å². The Balaban J connectivity index is 2.04. The van der Waals surface area contributed by atoms with Gasteiger partial charge in [0.15, 0.2) is 0 Å². The maximum absolute atomic E-state index is 12.1. The Morgan fingerprint density at radius 1 is 1.40 bits per heavy atom. The zero-order valence-corrected chi connectivity index (χ0v) is 16.3. The van der Waals surface area contributed by atoms with Gasteiger partial charge in [0.1, 0.15) is 6.61 Å². The highest BCUT2D eigenvalue weighted by Crippen LogP contribution is 2.39. The van der Waals surface area contributed by atoms with Gasteiger partial charge in [-0.25, -0.2) is 0 Å². The number of carbonyl (C=O) groups is 2. The zero-order valence-electron chi connectivity index (χ0n) is 16.3. The van der Waals surface area contributed by atoms with Crippen LogP contribution in [0.5, 0.6) is 0 Å². The first-order valence-electron chi connectivity index (χ1n) is 8.87. The van der Waals surface area contributed by atoms with Gasteiger partial charge in [-0.2, -0.15) is 0 Å². The Bertz CT molecular complexity index is 598. The molecular formula is C20H30O5. The molecule has 1 saturated heterocycles. The number of ketones is 1. The van der Waals surface area contributed by atoms with Crippen LogP contribution in [-0.2, 0) is 23.8 Å². The van der Waals surface area contributed by atoms with Crippen molar-refractivity contribution in [3.63, 3.8) is 0 Å². The molecule has 0 saturated carbocycles. The van der Waals surface area contributed by atoms with Gasteiger partial charge < -0.3 is 14.2 Å². The molecule has 0 N–H and O–H groups in total. The second-order valence-electron chi connectivity index (χ2n) is 8.39. The van der Waals surface area contributed by atoms with Crippen LogP contribution in [0, 0.1) is 17.3 Å². The third kappa shape index (κ3) is 4.39. The van der Waals surface area contributed by atoms with E-state index in [1.807, 2.05) is 33.8 Å². The lowest BCUT2D eigenvalue weighted by Gasteiger charge is -2.47. The topological polar surface area (TPSA) is 61.8 Å². The molecular weight excluding hydrogens is 320 g/mol. The molecule has 0 aliphatic carbocycles. The summed E-state index contributed by atoms with van der Waals surface area (Å²) in [5, 5.41) is 0. The number of carbonyl (C=O) groups excluding carboxylic acids is 2. The van der Waals surface area contributed by atoms with E-state index < -0.39 is 11.2 Å². The predicted molar refractivity (Wildman–Crippen MR) is 94.8 cm³/mol. The Hall–Kier alpha value is -1.46. The summed E-state index contributed by atoms with van der Waals surface area (Å²) in [4.78, 5) is 24.0. The molecule has 5 nitrogen and oxygen atoms in total. The molecule has 2 bridgehead atoms. The van der Waals surface area contributed by atoms with Crippen LogP contribution < -0.4 is 0 Å². The smallest absolute Gasteiger partial charge is 0.311 e. The molecule has 0 aromatic rings. The normalized spacial score (nSPS) is 34.0. The lowest BCUT2D eigenvalue weighted by atomic mass is 9.84. The van der Waals surface area contributed by atoms with Gasteiger partial charge in [0.05, 0.1) is 17.6 Å². The van der Waals surface area contributed by atoms with Gasteiger partial charge in [0, 0.05) is 11.8 Å². The summed E-state index contributed by atoms with van der Waals surface area (Å²) in [6.45, 7) is 13.5. The number of esters is 1. The van der Waals surface area contributed by atoms with Gasteiger partial charge >= 0.3 is 5.97 Å². The molecule has 0 radical (unpaired) electrons. The molecule has 2 heterocycles. The van der Waals surface area contributed by atoms with Gasteiger partial charge in [0.2, 0.25) is 11.6 Å². The monoisotopic (exact) mass is 350 g/mol. The standard InChI is InChI=1S/C20H30O5/c1-12(11-23-18(22)19(4,5)6)10-13(2)17-14(3)15-8-9-16(21)20(7,24-15)25-17/h8-10,13-15,17H,11H2,1-7H3/b12-10+/t13-,14+,15-,17-,20-/m1/s1. The highest BCUT2D eigenvalue weighted by Gasteiger charge is 2.49. The lowest BCUT2D eigenvalue weighted by Crippen LogP contribution is -2.58. The van der Waals surface area contributed by atoms with E-state index in [0.29, 0.717) is 0 Å². The van der Waals surface area contributed by atoms with Crippen molar-refractivity contribution in [1.29, 1.82) is 0 Å². The third-order valence-electron chi connectivity index (χ3n) is 4.75. The molecule has 25 heavy (non-hydrogen) atoms. The fourth-order valence-electron chi connectivity index (χ4n) is 3.19. The molecule has 0 aromatic heterocycles. The molecule has 2 aliphatic heterocycles. The molecule has 2 aliphatic rings. The Morgan fingerprint density at radius 2 is 2.04 bits per heavy atom. The molecule has 0 unspecified atom stereocenters. The second kappa shape index (κ2) is 7.04. The molecule has 2 rings (SSSR count). The van der Waals surface area contributed by atoms with Gasteiger partial charge in [-0.15, -0.1) is 0 Å². The van der Waals surface area contributed by atoms with Crippen LogP contribution >= 0.6 is 0 Å². The molecule has 5 heteroatoms. The van der Waals surface area contributed by atoms with Gasteiger partial charge in [0.25, 0.3) is 0 Å². The van der Waals surface area contributed by atoms with E-state index >= 15 is 0 Å². The zero-order chi connectivity index (χ0) is 19.0. The van der Waals surface area contributed by atoms with Crippen LogP contribution in [0.4, 0.5) is 0 Å². The predicted octanol–water partition coefficient (Wildman–Crippen LogP) is 3.43. The highest BCUT2D eigenvalue weighted by atomic mass is 16.7. The van der Waals surface area contributed by atoms with E-state index in [1.54, 1.807) is 13.0 Å². The Morgan fingerprint density at radius 3 is 2.64 bits per heavy atom. The molecule has 0 aromatic carbocycles. The summed E-state index contributed by atoms with van der Waals surface area (Å²) in [6, 6.07) is 0. The minimum atomic E-state index is -1.20. The third-order valence-corrected chi connectivity index (χ3v) is 4.75. The number of hydrogen-bond acceptors (Lipinski definition) is 5. The van der Waals surface area contributed by atoms with E-state index in [1.165, 1.54) is 0 Å². The summed E-state index contributed by atoms with van der Waals surface area (Å²) >= 11 is 0. The van der Waals surface area contributed by atoms with E-state index in [-0.39, 0.29) is 42.4 Å². The van der Waals surface area contributed by atoms with Crippen molar-refractivity contribution in [1.82, 2.24) is 0 Å². The Kier molecular flexibility index (Phi) is 5.59. The molecule has 1 fully saturated rings. The minimum absolute atomic E-state index is 0.0633. The van der Waals surface area contributed by atoms with Crippen molar-refractivity contribution >= 4 is 11.8 Å². The average Bonchev–Trinajstić information content (AvgIpc) is 2.51. The van der Waals surface area contributed by atoms with Crippen molar-refractivity contribution in [2.24, 2.45) is 17.3 Å². The molecule has 5 atom stereocenters. The van der Waals surface area contributed by atoms with Crippen molar-refractivity contribution in [3.05, 3.63) is 23.8 Å². The van der Waals surface area contributed by atoms with Crippen LogP contribution in [0.1, 0.15) is 48.5 Å². The number of hydrogen-bond donors (Lipinski definition) is 0. The van der Waals surface area contributed by atoms with Crippen LogP contribution in [0.15, 0.2) is 23.8 Å². The maximum atomic E-state index is 12.1. The molecule has 0 spiro atoms. The van der Waals surface area contributed by atoms with Crippen molar-refractivity contribution in [2.45, 2.75) is 66.5 Å². The minimum Gasteiger partial charge on any atom is -0.461 e. The lowest BCUT2D eigenvalue weighted by molar-refractivity contribution is -0.306. The van der Waals surface area contributed by atoms with Gasteiger partial charge in [-0.3, -0.25) is 9.59 Å². The van der Waals surface area contributed by atoms with Crippen molar-refractivity contribution in [2.75, 3.05) is 6.61 Å². The number of ether oxygens (including phenoxy) is 3. The molecule has 140 valence electrons. The first-order valence-corrected chi connectivity index (χ1v) is 8.87. The highest BCUT2D eigenvalue weighted by molar-refractivity contribution is 5.96. The summed E-state index contributed by atoms with van der Waals surface area (Å²) in [5.41, 5.74) is 0.452. The first kappa shape index (κ1) is 19.9. The van der Waals surface area contributed by atoms with Crippen molar-refractivity contribution < 1.29 is 23.8 Å². The van der Waals surface area contributed by atoms with Crippen molar-refractivity contribution in [3.8, 4) is 0 Å². The summed E-state index contributed by atoms with van der Waals surface area (Å²) in [6.07, 6.45) is 5.15. The summed E-state index contributed by atoms with van der Waals surface area (Å²) in [5.74, 6) is -1.40. The second-order valence-corrected chi connectivity index (χ2v) is 8.39. The van der Waals surface area contributed by atoms with E-state index in [4.69, 9.17) is 14.2 Å². The maximum Gasteiger partial charge on any atom is 0.311 e. The van der Waals surface area contributed by atoms with Crippen LogP contribution in [0.3, 0.4) is 0 Å². The van der Waals surface area contributed by atoms with Crippen LogP contribution in [0.2, 0.25) is 0 Å². The molecule has 0 amide bonds. The fourth-order valence-corrected chi connectivity index (χ4v) is 3.19. The van der Waals surface area contributed by atoms with E-state index in [2.05, 4.69) is 19.9 Å². The SMILES string of the molecule is C/C(=C\[C@@H](C)[C@H]1O[C@@]2(C)O[C@H](C=CC2=O)[C@@H]1C)COC(=O)C(C)(C)C. The van der Waals surface area contributed by atoms with E-state index in [9.17, 15) is 9.59 Å². The average molecular weight is 350 g/mol. The first-order chi connectivity index (χ1) is 11.4. The van der Waals surface area contributed by atoms with E-state index in [0.717, 1.165) is 5.57 Å². The van der Waals surface area contributed by atoms with Gasteiger partial charge in [-0.1, -0.05) is 26.0 Å².